The molecule has 0 radical (unpaired) electrons. The van der Waals surface area contributed by atoms with E-state index in [1.165, 1.54) is 11.8 Å². The third-order valence-electron chi connectivity index (χ3n) is 2.22. The van der Waals surface area contributed by atoms with Crippen LogP contribution in [-0.2, 0) is 6.54 Å². The van der Waals surface area contributed by atoms with Gasteiger partial charge in [-0.2, -0.15) is 0 Å². The lowest BCUT2D eigenvalue weighted by atomic mass is 10.2. The molecular formula is C12H12BrN3S. The van der Waals surface area contributed by atoms with Gasteiger partial charge < -0.3 is 5.73 Å². The van der Waals surface area contributed by atoms with Crippen molar-refractivity contribution in [1.29, 1.82) is 0 Å². The zero-order chi connectivity index (χ0) is 12.3. The Morgan fingerprint density at radius 2 is 2.18 bits per heavy atom. The molecule has 0 aliphatic rings. The maximum absolute atomic E-state index is 5.71. The van der Waals surface area contributed by atoms with E-state index >= 15 is 0 Å². The SMILES string of the molecule is Cc1ccnc(Sc2cc(Br)ccc2CN)n1. The third-order valence-corrected chi connectivity index (χ3v) is 3.70. The van der Waals surface area contributed by atoms with Gasteiger partial charge in [-0.3, -0.25) is 0 Å². The third kappa shape index (κ3) is 3.28. The van der Waals surface area contributed by atoms with Crippen molar-refractivity contribution in [3.05, 3.63) is 46.2 Å². The summed E-state index contributed by atoms with van der Waals surface area (Å²) >= 11 is 4.99. The highest BCUT2D eigenvalue weighted by Crippen LogP contribution is 2.30. The molecule has 0 fully saturated rings. The van der Waals surface area contributed by atoms with Crippen LogP contribution in [0.25, 0.3) is 0 Å². The molecule has 0 aliphatic heterocycles. The maximum Gasteiger partial charge on any atom is 0.192 e. The van der Waals surface area contributed by atoms with E-state index in [0.717, 1.165) is 25.8 Å². The number of rotatable bonds is 3. The van der Waals surface area contributed by atoms with E-state index in [0.29, 0.717) is 6.54 Å². The summed E-state index contributed by atoms with van der Waals surface area (Å²) in [5.74, 6) is 0. The number of halogens is 1. The van der Waals surface area contributed by atoms with E-state index in [-0.39, 0.29) is 0 Å². The number of nitrogens with two attached hydrogens (primary N) is 1. The van der Waals surface area contributed by atoms with Crippen molar-refractivity contribution < 1.29 is 0 Å². The molecule has 0 atom stereocenters. The molecule has 0 amide bonds. The standard InChI is InChI=1S/C12H12BrN3S/c1-8-4-5-15-12(16-8)17-11-6-10(13)3-2-9(11)7-14/h2-6H,7,14H2,1H3. The highest BCUT2D eigenvalue weighted by atomic mass is 79.9. The van der Waals surface area contributed by atoms with E-state index in [1.807, 2.05) is 31.2 Å². The summed E-state index contributed by atoms with van der Waals surface area (Å²) in [6.45, 7) is 2.47. The average Bonchev–Trinajstić information content (AvgIpc) is 2.29. The first kappa shape index (κ1) is 12.5. The highest BCUT2D eigenvalue weighted by Gasteiger charge is 2.06. The fourth-order valence-electron chi connectivity index (χ4n) is 1.37. The zero-order valence-electron chi connectivity index (χ0n) is 9.35. The lowest BCUT2D eigenvalue weighted by Gasteiger charge is -2.07. The molecule has 0 aliphatic carbocycles. The monoisotopic (exact) mass is 309 g/mol. The normalized spacial score (nSPS) is 10.5. The summed E-state index contributed by atoms with van der Waals surface area (Å²) in [5.41, 5.74) is 7.78. The van der Waals surface area contributed by atoms with Gasteiger partial charge >= 0.3 is 0 Å². The quantitative estimate of drug-likeness (QED) is 0.885. The van der Waals surface area contributed by atoms with Crippen LogP contribution in [0, 0.1) is 6.92 Å². The molecule has 1 heterocycles. The minimum Gasteiger partial charge on any atom is -0.326 e. The molecule has 0 spiro atoms. The molecule has 2 aromatic rings. The van der Waals surface area contributed by atoms with Crippen LogP contribution >= 0.6 is 27.7 Å². The summed E-state index contributed by atoms with van der Waals surface area (Å²) in [7, 11) is 0. The molecule has 2 rings (SSSR count). The fourth-order valence-corrected chi connectivity index (χ4v) is 2.85. The Kier molecular flexibility index (Phi) is 4.15. The second kappa shape index (κ2) is 5.62. The van der Waals surface area contributed by atoms with Crippen LogP contribution < -0.4 is 5.73 Å². The number of hydrogen-bond donors (Lipinski definition) is 1. The molecule has 1 aromatic carbocycles. The molecule has 0 bridgehead atoms. The van der Waals surface area contributed by atoms with E-state index in [2.05, 4.69) is 25.9 Å². The molecular weight excluding hydrogens is 298 g/mol. The number of benzene rings is 1. The Morgan fingerprint density at radius 1 is 1.35 bits per heavy atom. The van der Waals surface area contributed by atoms with Crippen LogP contribution in [-0.4, -0.2) is 9.97 Å². The van der Waals surface area contributed by atoms with Crippen molar-refractivity contribution in [3.8, 4) is 0 Å². The number of nitrogens with zero attached hydrogens (tertiary/aromatic N) is 2. The lowest BCUT2D eigenvalue weighted by molar-refractivity contribution is 0.928. The smallest absolute Gasteiger partial charge is 0.192 e. The molecule has 0 saturated carbocycles. The first-order valence-electron chi connectivity index (χ1n) is 5.15. The Hall–Kier alpha value is -0.910. The number of aryl methyl sites for hydroxylation is 1. The van der Waals surface area contributed by atoms with Gasteiger partial charge in [0.1, 0.15) is 0 Å². The molecule has 17 heavy (non-hydrogen) atoms. The minimum atomic E-state index is 0.515. The topological polar surface area (TPSA) is 51.8 Å². The number of aromatic nitrogens is 2. The Bertz CT molecular complexity index is 531. The maximum atomic E-state index is 5.71. The molecule has 0 unspecified atom stereocenters. The van der Waals surface area contributed by atoms with Crippen LogP contribution in [0.1, 0.15) is 11.3 Å². The number of hydrogen-bond acceptors (Lipinski definition) is 4. The van der Waals surface area contributed by atoms with E-state index in [4.69, 9.17) is 5.73 Å². The second-order valence-electron chi connectivity index (χ2n) is 3.54. The Morgan fingerprint density at radius 3 is 2.88 bits per heavy atom. The van der Waals surface area contributed by atoms with Gasteiger partial charge in [0.2, 0.25) is 0 Å². The van der Waals surface area contributed by atoms with E-state index < -0.39 is 0 Å². The van der Waals surface area contributed by atoms with Gasteiger partial charge in [0, 0.05) is 27.8 Å². The summed E-state index contributed by atoms with van der Waals surface area (Å²) in [4.78, 5) is 9.70. The van der Waals surface area contributed by atoms with Crippen LogP contribution in [0.15, 0.2) is 45.0 Å². The summed E-state index contributed by atoms with van der Waals surface area (Å²) < 4.78 is 1.03. The average molecular weight is 310 g/mol. The van der Waals surface area contributed by atoms with Gasteiger partial charge in [0.05, 0.1) is 0 Å². The molecule has 88 valence electrons. The van der Waals surface area contributed by atoms with E-state index in [9.17, 15) is 0 Å². The van der Waals surface area contributed by atoms with Crippen molar-refractivity contribution in [3.63, 3.8) is 0 Å². The highest BCUT2D eigenvalue weighted by molar-refractivity contribution is 9.10. The van der Waals surface area contributed by atoms with Gasteiger partial charge in [-0.15, -0.1) is 0 Å². The lowest BCUT2D eigenvalue weighted by Crippen LogP contribution is -1.98. The van der Waals surface area contributed by atoms with Gasteiger partial charge in [-0.25, -0.2) is 9.97 Å². The molecule has 3 nitrogen and oxygen atoms in total. The van der Waals surface area contributed by atoms with Crippen molar-refractivity contribution in [2.75, 3.05) is 0 Å². The summed E-state index contributed by atoms with van der Waals surface area (Å²) in [6, 6.07) is 7.93. The first-order valence-corrected chi connectivity index (χ1v) is 6.76. The second-order valence-corrected chi connectivity index (χ2v) is 5.46. The van der Waals surface area contributed by atoms with Crippen LogP contribution in [0.2, 0.25) is 0 Å². The summed E-state index contributed by atoms with van der Waals surface area (Å²) in [6.07, 6.45) is 1.77. The van der Waals surface area contributed by atoms with Crippen molar-refractivity contribution in [2.45, 2.75) is 23.5 Å². The van der Waals surface area contributed by atoms with Gasteiger partial charge in [0.25, 0.3) is 0 Å². The van der Waals surface area contributed by atoms with Gasteiger partial charge in [-0.1, -0.05) is 22.0 Å². The summed E-state index contributed by atoms with van der Waals surface area (Å²) in [5, 5.41) is 0.748. The Labute approximate surface area is 113 Å². The predicted molar refractivity (Wildman–Crippen MR) is 72.9 cm³/mol. The van der Waals surface area contributed by atoms with Gasteiger partial charge in [0.15, 0.2) is 5.16 Å². The molecule has 0 saturated heterocycles. The predicted octanol–water partition coefficient (Wildman–Crippen LogP) is 3.16. The minimum absolute atomic E-state index is 0.515. The first-order chi connectivity index (χ1) is 8.19. The van der Waals surface area contributed by atoms with E-state index in [1.54, 1.807) is 6.20 Å². The molecule has 2 N–H and O–H groups in total. The fraction of sp³-hybridized carbons (Fsp3) is 0.167. The van der Waals surface area contributed by atoms with Crippen molar-refractivity contribution >= 4 is 27.7 Å². The zero-order valence-corrected chi connectivity index (χ0v) is 11.8. The van der Waals surface area contributed by atoms with Crippen LogP contribution in [0.3, 0.4) is 0 Å². The largest absolute Gasteiger partial charge is 0.326 e. The van der Waals surface area contributed by atoms with Crippen molar-refractivity contribution in [2.24, 2.45) is 5.73 Å². The molecule has 1 aromatic heterocycles. The Balaban J connectivity index is 2.32. The molecule has 5 heteroatoms. The van der Waals surface area contributed by atoms with Gasteiger partial charge in [-0.05, 0) is 42.4 Å². The van der Waals surface area contributed by atoms with Crippen LogP contribution in [0.5, 0.6) is 0 Å². The van der Waals surface area contributed by atoms with Crippen molar-refractivity contribution in [1.82, 2.24) is 9.97 Å². The van der Waals surface area contributed by atoms with Crippen LogP contribution in [0.4, 0.5) is 0 Å².